The number of hydrogen-bond donors (Lipinski definition) is 0. The molecule has 1 aliphatic heterocycles. The molecule has 1 aliphatic rings. The van der Waals surface area contributed by atoms with E-state index in [1.165, 1.54) is 12.0 Å². The molecule has 0 N–H and O–H groups in total. The normalized spacial score (nSPS) is 17.9. The Morgan fingerprint density at radius 2 is 2.25 bits per heavy atom. The van der Waals surface area contributed by atoms with Crippen LogP contribution in [-0.2, 0) is 12.8 Å². The average Bonchev–Trinajstić information content (AvgIpc) is 3.04. The van der Waals surface area contributed by atoms with Gasteiger partial charge < -0.3 is 9.47 Å². The first-order valence-corrected chi connectivity index (χ1v) is 9.67. The van der Waals surface area contributed by atoms with Crippen molar-refractivity contribution in [2.75, 3.05) is 6.54 Å². The number of likely N-dealkylation sites (tertiary alicyclic amines) is 1. The minimum atomic E-state index is 0.186. The quantitative estimate of drug-likeness (QED) is 0.767. The first kappa shape index (κ1) is 17.1. The third kappa shape index (κ3) is 3.83. The highest BCUT2D eigenvalue weighted by atomic mass is 32.2. The molecule has 128 valence electrons. The second-order valence-corrected chi connectivity index (χ2v) is 7.31. The Morgan fingerprint density at radius 1 is 1.38 bits per heavy atom. The first-order chi connectivity index (χ1) is 11.7. The van der Waals surface area contributed by atoms with Crippen molar-refractivity contribution in [3.63, 3.8) is 0 Å². The van der Waals surface area contributed by atoms with Gasteiger partial charge in [0, 0.05) is 43.3 Å². The maximum atomic E-state index is 12.9. The zero-order chi connectivity index (χ0) is 16.9. The van der Waals surface area contributed by atoms with Crippen LogP contribution in [0.4, 0.5) is 0 Å². The number of imidazole rings is 1. The Kier molecular flexibility index (Phi) is 5.61. The Bertz CT molecular complexity index is 697. The van der Waals surface area contributed by atoms with Gasteiger partial charge in [0.25, 0.3) is 5.91 Å². The van der Waals surface area contributed by atoms with Crippen molar-refractivity contribution >= 4 is 17.7 Å². The number of rotatable bonds is 5. The number of thioether (sulfide) groups is 1. The van der Waals surface area contributed by atoms with E-state index in [1.54, 1.807) is 11.8 Å². The van der Waals surface area contributed by atoms with Crippen molar-refractivity contribution in [3.8, 4) is 0 Å². The van der Waals surface area contributed by atoms with E-state index in [-0.39, 0.29) is 5.91 Å². The van der Waals surface area contributed by atoms with E-state index in [0.717, 1.165) is 42.3 Å². The van der Waals surface area contributed by atoms with E-state index in [9.17, 15) is 4.79 Å². The molecule has 1 unspecified atom stereocenters. The molecule has 2 aromatic rings. The van der Waals surface area contributed by atoms with Gasteiger partial charge in [-0.1, -0.05) is 30.8 Å². The van der Waals surface area contributed by atoms with Crippen LogP contribution in [0, 0.1) is 0 Å². The highest BCUT2D eigenvalue weighted by Gasteiger charge is 2.26. The van der Waals surface area contributed by atoms with Crippen LogP contribution in [0.25, 0.3) is 0 Å². The van der Waals surface area contributed by atoms with Gasteiger partial charge in [0.1, 0.15) is 0 Å². The van der Waals surface area contributed by atoms with E-state index in [1.807, 2.05) is 42.2 Å². The molecular formula is C19H25N3OS. The molecule has 1 atom stereocenters. The van der Waals surface area contributed by atoms with Crippen LogP contribution in [0.5, 0.6) is 0 Å². The largest absolute Gasteiger partial charge is 0.336 e. The molecule has 1 amide bonds. The fraction of sp³-hybridized carbons (Fsp3) is 0.474. The van der Waals surface area contributed by atoms with E-state index < -0.39 is 0 Å². The molecular weight excluding hydrogens is 318 g/mol. The summed E-state index contributed by atoms with van der Waals surface area (Å²) in [5.41, 5.74) is 1.98. The second kappa shape index (κ2) is 7.88. The van der Waals surface area contributed by atoms with Crippen LogP contribution in [0.2, 0.25) is 0 Å². The lowest BCUT2D eigenvalue weighted by atomic mass is 9.98. The minimum absolute atomic E-state index is 0.186. The van der Waals surface area contributed by atoms with E-state index in [2.05, 4.69) is 22.9 Å². The average molecular weight is 343 g/mol. The molecule has 0 saturated carbocycles. The van der Waals surface area contributed by atoms with Crippen LogP contribution < -0.4 is 0 Å². The molecule has 5 heteroatoms. The monoisotopic (exact) mass is 343 g/mol. The smallest absolute Gasteiger partial charge is 0.254 e. The van der Waals surface area contributed by atoms with Gasteiger partial charge in [0.05, 0.1) is 0 Å². The molecule has 4 nitrogen and oxygen atoms in total. The van der Waals surface area contributed by atoms with Gasteiger partial charge in [-0.15, -0.1) is 0 Å². The summed E-state index contributed by atoms with van der Waals surface area (Å²) in [5.74, 6) is 1.01. The summed E-state index contributed by atoms with van der Waals surface area (Å²) < 4.78 is 2.01. The number of aryl methyl sites for hydroxylation is 1. The highest BCUT2D eigenvalue weighted by molar-refractivity contribution is 7.98. The molecule has 3 rings (SSSR count). The van der Waals surface area contributed by atoms with Crippen LogP contribution in [-0.4, -0.2) is 32.9 Å². The number of piperidine rings is 1. The predicted octanol–water partition coefficient (Wildman–Crippen LogP) is 4.12. The maximum Gasteiger partial charge on any atom is 0.254 e. The minimum Gasteiger partial charge on any atom is -0.336 e. The SMILES string of the molecule is CCC1CCCCN1C(=O)c1cccc(CSc2nccn2C)c1. The number of amides is 1. The molecule has 0 bridgehead atoms. The first-order valence-electron chi connectivity index (χ1n) is 8.69. The van der Waals surface area contributed by atoms with E-state index in [0.29, 0.717) is 6.04 Å². The molecule has 2 heterocycles. The lowest BCUT2D eigenvalue weighted by Crippen LogP contribution is -2.43. The van der Waals surface area contributed by atoms with Crippen molar-refractivity contribution in [1.82, 2.24) is 14.5 Å². The van der Waals surface area contributed by atoms with Gasteiger partial charge in [-0.25, -0.2) is 4.98 Å². The Morgan fingerprint density at radius 3 is 3.00 bits per heavy atom. The summed E-state index contributed by atoms with van der Waals surface area (Å²) in [6.45, 7) is 3.07. The fourth-order valence-corrected chi connectivity index (χ4v) is 4.17. The summed E-state index contributed by atoms with van der Waals surface area (Å²) in [5, 5.41) is 0.994. The highest BCUT2D eigenvalue weighted by Crippen LogP contribution is 2.24. The molecule has 1 saturated heterocycles. The number of benzene rings is 1. The number of aromatic nitrogens is 2. The topological polar surface area (TPSA) is 38.1 Å². The number of carbonyl (C=O) groups is 1. The second-order valence-electron chi connectivity index (χ2n) is 6.37. The third-order valence-corrected chi connectivity index (χ3v) is 5.81. The van der Waals surface area contributed by atoms with Crippen molar-refractivity contribution in [2.45, 2.75) is 49.6 Å². The van der Waals surface area contributed by atoms with Gasteiger partial charge >= 0.3 is 0 Å². The Balaban J connectivity index is 1.70. The zero-order valence-electron chi connectivity index (χ0n) is 14.4. The number of carbonyl (C=O) groups excluding carboxylic acids is 1. The summed E-state index contributed by atoms with van der Waals surface area (Å²) in [4.78, 5) is 19.3. The molecule has 1 aromatic heterocycles. The zero-order valence-corrected chi connectivity index (χ0v) is 15.3. The van der Waals surface area contributed by atoms with Gasteiger partial charge in [-0.2, -0.15) is 0 Å². The van der Waals surface area contributed by atoms with Gasteiger partial charge in [0.15, 0.2) is 5.16 Å². The third-order valence-electron chi connectivity index (χ3n) is 4.68. The van der Waals surface area contributed by atoms with Crippen LogP contribution in [0.1, 0.15) is 48.5 Å². The van der Waals surface area contributed by atoms with Crippen molar-refractivity contribution in [2.24, 2.45) is 7.05 Å². The number of nitrogens with zero attached hydrogens (tertiary/aromatic N) is 3. The van der Waals surface area contributed by atoms with Gasteiger partial charge in [0.2, 0.25) is 0 Å². The van der Waals surface area contributed by atoms with Crippen LogP contribution in [0.3, 0.4) is 0 Å². The van der Waals surface area contributed by atoms with Crippen LogP contribution in [0.15, 0.2) is 41.8 Å². The Hall–Kier alpha value is -1.75. The molecule has 0 radical (unpaired) electrons. The van der Waals surface area contributed by atoms with Crippen molar-refractivity contribution in [1.29, 1.82) is 0 Å². The predicted molar refractivity (Wildman–Crippen MR) is 98.2 cm³/mol. The lowest BCUT2D eigenvalue weighted by Gasteiger charge is -2.35. The van der Waals surface area contributed by atoms with Crippen molar-refractivity contribution in [3.05, 3.63) is 47.8 Å². The van der Waals surface area contributed by atoms with Gasteiger partial charge in [-0.05, 0) is 43.4 Å². The van der Waals surface area contributed by atoms with E-state index >= 15 is 0 Å². The molecule has 24 heavy (non-hydrogen) atoms. The standard InChI is InChI=1S/C19H25N3OS/c1-3-17-9-4-5-11-22(17)18(23)16-8-6-7-15(13-16)14-24-19-20-10-12-21(19)2/h6-8,10,12-13,17H,3-5,9,11,14H2,1-2H3. The van der Waals surface area contributed by atoms with Crippen LogP contribution >= 0.6 is 11.8 Å². The summed E-state index contributed by atoms with van der Waals surface area (Å²) >= 11 is 1.69. The lowest BCUT2D eigenvalue weighted by molar-refractivity contribution is 0.0608. The molecule has 1 fully saturated rings. The summed E-state index contributed by atoms with van der Waals surface area (Å²) in [6.07, 6.45) is 8.30. The Labute approximate surface area is 148 Å². The molecule has 0 spiro atoms. The maximum absolute atomic E-state index is 12.9. The molecule has 0 aliphatic carbocycles. The van der Waals surface area contributed by atoms with Crippen molar-refractivity contribution < 1.29 is 4.79 Å². The summed E-state index contributed by atoms with van der Waals surface area (Å²) in [7, 11) is 2.00. The summed E-state index contributed by atoms with van der Waals surface area (Å²) in [6, 6.07) is 8.46. The number of hydrogen-bond acceptors (Lipinski definition) is 3. The fourth-order valence-electron chi connectivity index (χ4n) is 3.29. The van der Waals surface area contributed by atoms with Gasteiger partial charge in [-0.3, -0.25) is 4.79 Å². The molecule has 1 aromatic carbocycles. The van der Waals surface area contributed by atoms with E-state index in [4.69, 9.17) is 0 Å².